The Morgan fingerprint density at radius 3 is 0.964 bits per heavy atom. The van der Waals surface area contributed by atoms with Gasteiger partial charge in [-0.2, -0.15) is 0 Å². The Morgan fingerprint density at radius 2 is 0.609 bits per heavy atom. The summed E-state index contributed by atoms with van der Waals surface area (Å²) < 4.78 is 34.5. The molecule has 17 unspecified atom stereocenters. The maximum atomic E-state index is 13.5. The Labute approximate surface area is 668 Å². The number of hydrogen-bond donors (Lipinski definition) is 12. The minimum Gasteiger partial charge on any atom is -0.394 e. The monoisotopic (exact) mass is 1560 g/mol. The fraction of sp³-hybridized carbons (Fsp3) is 0.879. The van der Waals surface area contributed by atoms with E-state index >= 15 is 0 Å². The molecule has 19 heteroatoms. The number of rotatable bonds is 74. The molecule has 3 heterocycles. The van der Waals surface area contributed by atoms with Gasteiger partial charge in [0.2, 0.25) is 5.91 Å². The highest BCUT2D eigenvalue weighted by atomic mass is 16.8. The number of hydrogen-bond acceptors (Lipinski definition) is 18. The van der Waals surface area contributed by atoms with E-state index in [9.17, 15) is 61.0 Å². The first-order valence-corrected chi connectivity index (χ1v) is 45.5. The highest BCUT2D eigenvalue weighted by Crippen LogP contribution is 2.34. The molecule has 0 spiro atoms. The third-order valence-corrected chi connectivity index (χ3v) is 22.5. The van der Waals surface area contributed by atoms with Crippen LogP contribution in [0.2, 0.25) is 0 Å². The zero-order chi connectivity index (χ0) is 79.5. The van der Waals surface area contributed by atoms with Crippen LogP contribution in [-0.2, 0) is 33.2 Å². The summed E-state index contributed by atoms with van der Waals surface area (Å²) in [5.41, 5.74) is 0. The van der Waals surface area contributed by atoms with Crippen LogP contribution in [0, 0.1) is 0 Å². The smallest absolute Gasteiger partial charge is 0.220 e. The van der Waals surface area contributed by atoms with Crippen molar-refractivity contribution in [3.8, 4) is 0 Å². The quantitative estimate of drug-likeness (QED) is 0.0199. The largest absolute Gasteiger partial charge is 0.394 e. The van der Waals surface area contributed by atoms with Crippen molar-refractivity contribution in [2.24, 2.45) is 0 Å². The normalized spacial score (nSPS) is 25.4. The molecular weight excluding hydrogens is 1390 g/mol. The maximum Gasteiger partial charge on any atom is 0.220 e. The van der Waals surface area contributed by atoms with Crippen molar-refractivity contribution < 1.29 is 89.4 Å². The third-order valence-electron chi connectivity index (χ3n) is 22.5. The number of aliphatic hydroxyl groups excluding tert-OH is 11. The van der Waals surface area contributed by atoms with Gasteiger partial charge < -0.3 is 89.9 Å². The summed E-state index contributed by atoms with van der Waals surface area (Å²) in [6, 6.07) is -0.999. The second kappa shape index (κ2) is 70.7. The van der Waals surface area contributed by atoms with Crippen molar-refractivity contribution >= 4 is 5.91 Å². The Bertz CT molecular complexity index is 2220. The van der Waals surface area contributed by atoms with Gasteiger partial charge >= 0.3 is 0 Å². The van der Waals surface area contributed by atoms with E-state index in [1.807, 2.05) is 6.08 Å². The second-order valence-corrected chi connectivity index (χ2v) is 32.4. The van der Waals surface area contributed by atoms with E-state index in [1.54, 1.807) is 6.08 Å². The summed E-state index contributed by atoms with van der Waals surface area (Å²) in [5.74, 6) is -0.283. The van der Waals surface area contributed by atoms with E-state index in [0.717, 1.165) is 51.4 Å². The molecule has 12 N–H and O–H groups in total. The molecule has 3 fully saturated rings. The molecule has 3 aliphatic rings. The Balaban J connectivity index is 1.31. The van der Waals surface area contributed by atoms with Gasteiger partial charge in [-0.15, -0.1) is 0 Å². The average Bonchev–Trinajstić information content (AvgIpc) is 0.780. The van der Waals surface area contributed by atoms with Crippen LogP contribution < -0.4 is 5.32 Å². The number of carbonyl (C=O) groups is 1. The van der Waals surface area contributed by atoms with Crippen LogP contribution in [0.15, 0.2) is 60.8 Å². The highest BCUT2D eigenvalue weighted by molar-refractivity contribution is 5.76. The van der Waals surface area contributed by atoms with Crippen molar-refractivity contribution in [3.05, 3.63) is 60.8 Å². The number of carbonyl (C=O) groups excluding carboxylic acids is 1. The lowest BCUT2D eigenvalue weighted by atomic mass is 9.96. The molecule has 0 bridgehead atoms. The minimum absolute atomic E-state index is 0.235. The molecule has 0 aromatic carbocycles. The highest BCUT2D eigenvalue weighted by Gasteiger charge is 2.54. The summed E-state index contributed by atoms with van der Waals surface area (Å²) in [4.78, 5) is 13.5. The molecule has 644 valence electrons. The summed E-state index contributed by atoms with van der Waals surface area (Å²) in [6.45, 7) is 1.75. The van der Waals surface area contributed by atoms with Crippen molar-refractivity contribution in [2.45, 2.75) is 484 Å². The van der Waals surface area contributed by atoms with Crippen molar-refractivity contribution in [3.63, 3.8) is 0 Å². The van der Waals surface area contributed by atoms with E-state index in [1.165, 1.54) is 295 Å². The number of ether oxygens (including phenoxy) is 6. The van der Waals surface area contributed by atoms with Gasteiger partial charge in [0.15, 0.2) is 18.9 Å². The first-order valence-electron chi connectivity index (χ1n) is 45.5. The van der Waals surface area contributed by atoms with Crippen LogP contribution in [0.4, 0.5) is 0 Å². The van der Waals surface area contributed by atoms with Gasteiger partial charge in [0.25, 0.3) is 0 Å². The zero-order valence-electron chi connectivity index (χ0n) is 69.5. The SMILES string of the molecule is CCCCCCC/C=C\C/C=C\CCCCCCCCCCCCCCCCCCCCCCCCCCCCCC(=O)NC(COC1OC(CO)C(OC2OC(CO)C(OC3OC(CO)C(O)C(O)C3O)C(O)C2O)C(O)C1O)C(O)/C=C/CC/C=C/CC/C=C/CCCCCCCCCCCCCCCCCC. The molecule has 3 saturated heterocycles. The van der Waals surface area contributed by atoms with Crippen LogP contribution in [-0.4, -0.2) is 193 Å². The van der Waals surface area contributed by atoms with E-state index < -0.39 is 124 Å². The molecule has 0 radical (unpaired) electrons. The molecule has 0 aromatic heterocycles. The lowest BCUT2D eigenvalue weighted by molar-refractivity contribution is -0.379. The van der Waals surface area contributed by atoms with E-state index in [4.69, 9.17) is 28.4 Å². The molecule has 3 rings (SSSR count). The van der Waals surface area contributed by atoms with E-state index in [-0.39, 0.29) is 18.9 Å². The Morgan fingerprint density at radius 1 is 0.327 bits per heavy atom. The Hall–Kier alpha value is -2.51. The molecule has 0 aliphatic carbocycles. The fourth-order valence-electron chi connectivity index (χ4n) is 15.3. The lowest BCUT2D eigenvalue weighted by Gasteiger charge is -2.48. The third kappa shape index (κ3) is 48.9. The molecule has 17 atom stereocenters. The fourth-order valence-corrected chi connectivity index (χ4v) is 15.3. The van der Waals surface area contributed by atoms with Gasteiger partial charge in [-0.25, -0.2) is 0 Å². The summed E-state index contributed by atoms with van der Waals surface area (Å²) in [6.07, 6.45) is 66.8. The molecule has 110 heavy (non-hydrogen) atoms. The molecule has 0 saturated carbocycles. The van der Waals surface area contributed by atoms with E-state index in [2.05, 4.69) is 67.8 Å². The minimum atomic E-state index is -1.98. The van der Waals surface area contributed by atoms with Gasteiger partial charge in [0, 0.05) is 6.42 Å². The number of allylic oxidation sites excluding steroid dienone is 9. The summed E-state index contributed by atoms with van der Waals surface area (Å²) in [7, 11) is 0. The zero-order valence-corrected chi connectivity index (χ0v) is 69.5. The first kappa shape index (κ1) is 102. The average molecular weight is 1560 g/mol. The lowest BCUT2D eigenvalue weighted by Crippen LogP contribution is -2.66. The van der Waals surface area contributed by atoms with Crippen molar-refractivity contribution in [1.29, 1.82) is 0 Å². The molecule has 3 aliphatic heterocycles. The predicted octanol–water partition coefficient (Wildman–Crippen LogP) is 17.4. The molecule has 19 nitrogen and oxygen atoms in total. The van der Waals surface area contributed by atoms with Crippen molar-refractivity contribution in [1.82, 2.24) is 5.32 Å². The number of aliphatic hydroxyl groups is 11. The maximum absolute atomic E-state index is 13.5. The predicted molar refractivity (Wildman–Crippen MR) is 443 cm³/mol. The summed E-state index contributed by atoms with van der Waals surface area (Å²) in [5, 5.41) is 121. The van der Waals surface area contributed by atoms with Crippen LogP contribution in [0.1, 0.15) is 380 Å². The van der Waals surface area contributed by atoms with Gasteiger partial charge in [-0.05, 0) is 77.0 Å². The standard InChI is InChI=1S/C91H167NO18/c1-3-5-7-9-11-13-15-17-19-21-23-25-27-29-31-32-33-34-35-36-37-38-39-40-41-42-43-45-47-49-51-53-55-57-59-61-63-65-67-69-79(97)92-74(75(96)68-66-64-62-60-58-56-54-52-50-48-46-44-30-28-26-24-22-20-18-16-14-12-10-8-6-4-2)73-105-89-85(103)82(100)87(77(71-94)107-89)110-91-86(104)83(101)88(78(72-95)108-91)109-90-84(102)81(99)80(98)76(70-93)106-90/h15,17,21,23,50,52,58,60,66,68,74-78,80-91,93-96,98-104H,3-14,16,18-20,22,24-49,51,53-57,59,61-65,67,69-73H2,1-2H3,(H,92,97)/b17-15-,23-21-,52-50+,60-58+,68-66+. The number of unbranched alkanes of at least 4 members (excludes halogenated alkanes) is 50. The van der Waals surface area contributed by atoms with Gasteiger partial charge in [-0.1, -0.05) is 357 Å². The molecular formula is C91H167NO18. The van der Waals surface area contributed by atoms with Gasteiger partial charge in [0.05, 0.1) is 38.6 Å². The number of amides is 1. The van der Waals surface area contributed by atoms with Gasteiger partial charge in [0.1, 0.15) is 73.2 Å². The van der Waals surface area contributed by atoms with Crippen LogP contribution >= 0.6 is 0 Å². The van der Waals surface area contributed by atoms with E-state index in [0.29, 0.717) is 12.8 Å². The van der Waals surface area contributed by atoms with Crippen molar-refractivity contribution in [2.75, 3.05) is 26.4 Å². The Kier molecular flexibility index (Phi) is 65.3. The molecule has 0 aromatic rings. The summed E-state index contributed by atoms with van der Waals surface area (Å²) >= 11 is 0. The second-order valence-electron chi connectivity index (χ2n) is 32.4. The van der Waals surface area contributed by atoms with Crippen LogP contribution in [0.5, 0.6) is 0 Å². The van der Waals surface area contributed by atoms with Crippen LogP contribution in [0.3, 0.4) is 0 Å². The van der Waals surface area contributed by atoms with Gasteiger partial charge in [-0.3, -0.25) is 4.79 Å². The molecule has 1 amide bonds. The number of nitrogens with one attached hydrogen (secondary N) is 1. The topological polar surface area (TPSA) is 307 Å². The van der Waals surface area contributed by atoms with Crippen LogP contribution in [0.25, 0.3) is 0 Å². The first-order chi connectivity index (χ1) is 53.8.